The van der Waals surface area contributed by atoms with E-state index in [2.05, 4.69) is 68.8 Å². The van der Waals surface area contributed by atoms with E-state index < -0.39 is 0 Å². The van der Waals surface area contributed by atoms with Crippen molar-refractivity contribution < 1.29 is 27.4 Å². The number of likely N-dealkylation sites (N-methyl/N-ethyl adjacent to an activating group) is 1. The van der Waals surface area contributed by atoms with Crippen LogP contribution < -0.4 is 9.47 Å². The van der Waals surface area contributed by atoms with Gasteiger partial charge in [0, 0.05) is 11.1 Å². The molecule has 0 radical (unpaired) electrons. The second-order valence-electron chi connectivity index (χ2n) is 15.6. The van der Waals surface area contributed by atoms with Gasteiger partial charge in [-0.2, -0.15) is 0 Å². The lowest BCUT2D eigenvalue weighted by molar-refractivity contribution is -1.08. The zero-order valence-electron chi connectivity index (χ0n) is 29.9. The van der Waals surface area contributed by atoms with Gasteiger partial charge in [-0.3, -0.25) is 0 Å². The van der Waals surface area contributed by atoms with E-state index in [4.69, 9.17) is 9.47 Å². The van der Waals surface area contributed by atoms with E-state index in [0.717, 1.165) is 60.1 Å². The summed E-state index contributed by atoms with van der Waals surface area (Å²) in [6.45, 7) is 27.0. The number of benzene rings is 2. The van der Waals surface area contributed by atoms with Crippen LogP contribution in [0.25, 0.3) is 0 Å². The van der Waals surface area contributed by atoms with Crippen LogP contribution in [0.15, 0.2) is 36.4 Å². The normalized spacial score (nSPS) is 29.0. The fourth-order valence-corrected chi connectivity index (χ4v) is 8.51. The molecule has 0 amide bonds. The van der Waals surface area contributed by atoms with Crippen molar-refractivity contribution in [1.82, 2.24) is 0 Å². The number of fused-ring (bicyclic) bond motifs is 6. The van der Waals surface area contributed by atoms with Gasteiger partial charge in [0.05, 0.1) is 19.2 Å². The third-order valence-corrected chi connectivity index (χ3v) is 12.4. The Morgan fingerprint density at radius 1 is 0.596 bits per heavy atom. The monoisotopic (exact) mass is 640 g/mol. The SMILES string of the molecule is CC#Cc1ccc(C#Cc2cc(OCC[N+]34CC[N+](C)(CC3)CC4)c(C)cc2OCC[N+]23CC[N+](CCCCCC)(CC2)CC3)cc1. The quantitative estimate of drug-likeness (QED) is 0.173. The topological polar surface area (TPSA) is 18.5 Å². The van der Waals surface area contributed by atoms with E-state index in [1.54, 1.807) is 0 Å². The highest BCUT2D eigenvalue weighted by Crippen LogP contribution is 2.31. The Balaban J connectivity index is 1.11. The van der Waals surface area contributed by atoms with Crippen molar-refractivity contribution in [2.75, 3.05) is 118 Å². The fourth-order valence-electron chi connectivity index (χ4n) is 8.51. The lowest BCUT2D eigenvalue weighted by Crippen LogP contribution is -2.75. The summed E-state index contributed by atoms with van der Waals surface area (Å²) in [7, 11) is 2.43. The van der Waals surface area contributed by atoms with E-state index in [9.17, 15) is 0 Å². The predicted molar refractivity (Wildman–Crippen MR) is 191 cm³/mol. The Bertz CT molecular complexity index is 1460. The number of piperazine rings is 6. The first kappa shape index (κ1) is 33.9. The second kappa shape index (κ2) is 14.6. The van der Waals surface area contributed by atoms with Gasteiger partial charge >= 0.3 is 0 Å². The van der Waals surface area contributed by atoms with Crippen LogP contribution in [0.3, 0.4) is 0 Å². The molecule has 0 N–H and O–H groups in total. The van der Waals surface area contributed by atoms with E-state index >= 15 is 0 Å². The molecule has 0 unspecified atom stereocenters. The van der Waals surface area contributed by atoms with Crippen molar-refractivity contribution in [2.24, 2.45) is 0 Å². The van der Waals surface area contributed by atoms with Gasteiger partial charge in [-0.15, -0.1) is 5.92 Å². The first-order chi connectivity index (χ1) is 22.8. The molecular formula is C41H60N4O2+4. The molecular weight excluding hydrogens is 580 g/mol. The molecule has 8 rings (SSSR count). The number of rotatable bonds is 13. The molecule has 0 saturated carbocycles. The molecule has 0 aromatic heterocycles. The molecule has 6 heterocycles. The highest BCUT2D eigenvalue weighted by molar-refractivity contribution is 5.55. The highest BCUT2D eigenvalue weighted by Gasteiger charge is 2.48. The van der Waals surface area contributed by atoms with Crippen LogP contribution in [-0.2, 0) is 0 Å². The Hall–Kier alpha value is -3.00. The maximum absolute atomic E-state index is 6.62. The van der Waals surface area contributed by atoms with Crippen LogP contribution in [0, 0.1) is 30.6 Å². The number of hydrogen-bond donors (Lipinski definition) is 0. The Morgan fingerprint density at radius 2 is 1.11 bits per heavy atom. The molecule has 6 aliphatic heterocycles. The average Bonchev–Trinajstić information content (AvgIpc) is 3.09. The molecule has 6 saturated heterocycles. The Labute approximate surface area is 285 Å². The summed E-state index contributed by atoms with van der Waals surface area (Å²) in [5, 5.41) is 0. The van der Waals surface area contributed by atoms with Crippen LogP contribution in [0.4, 0.5) is 0 Å². The van der Waals surface area contributed by atoms with Gasteiger partial charge in [0.2, 0.25) is 0 Å². The molecule has 47 heavy (non-hydrogen) atoms. The van der Waals surface area contributed by atoms with Crippen molar-refractivity contribution in [2.45, 2.75) is 46.5 Å². The summed E-state index contributed by atoms with van der Waals surface area (Å²) in [6, 6.07) is 12.5. The first-order valence-electron chi connectivity index (χ1n) is 18.6. The molecule has 0 spiro atoms. The van der Waals surface area contributed by atoms with Crippen LogP contribution in [-0.4, -0.2) is 136 Å². The first-order valence-corrected chi connectivity index (χ1v) is 18.6. The van der Waals surface area contributed by atoms with E-state index in [0.29, 0.717) is 0 Å². The van der Waals surface area contributed by atoms with Gasteiger partial charge in [0.15, 0.2) is 0 Å². The molecule has 6 heteroatoms. The molecule has 0 aliphatic carbocycles. The minimum atomic E-state index is 0.729. The maximum Gasteiger partial charge on any atom is 0.137 e. The van der Waals surface area contributed by atoms with Gasteiger partial charge in [0.25, 0.3) is 0 Å². The number of ether oxygens (including phenoxy) is 2. The zero-order chi connectivity index (χ0) is 32.8. The van der Waals surface area contributed by atoms with Crippen molar-refractivity contribution in [3.05, 3.63) is 58.7 Å². The molecule has 0 atom stereocenters. The summed E-state index contributed by atoms with van der Waals surface area (Å²) < 4.78 is 18.2. The third-order valence-electron chi connectivity index (χ3n) is 12.4. The van der Waals surface area contributed by atoms with E-state index in [1.165, 1.54) is 129 Å². The molecule has 2 aromatic rings. The molecule has 6 fully saturated rings. The van der Waals surface area contributed by atoms with Crippen LogP contribution >= 0.6 is 0 Å². The maximum atomic E-state index is 6.62. The van der Waals surface area contributed by atoms with Crippen molar-refractivity contribution in [3.8, 4) is 35.2 Å². The molecule has 252 valence electrons. The predicted octanol–water partition coefficient (Wildman–Crippen LogP) is 5.06. The van der Waals surface area contributed by atoms with Crippen LogP contribution in [0.2, 0.25) is 0 Å². The summed E-state index contributed by atoms with van der Waals surface area (Å²) in [6.07, 6.45) is 5.51. The van der Waals surface area contributed by atoms with Crippen LogP contribution in [0.5, 0.6) is 11.5 Å². The lowest BCUT2D eigenvalue weighted by atomic mass is 10.1. The van der Waals surface area contributed by atoms with Crippen LogP contribution in [0.1, 0.15) is 61.8 Å². The summed E-state index contributed by atoms with van der Waals surface area (Å²) >= 11 is 0. The number of aryl methyl sites for hydroxylation is 1. The van der Waals surface area contributed by atoms with Crippen molar-refractivity contribution in [1.29, 1.82) is 0 Å². The Morgan fingerprint density at radius 3 is 1.66 bits per heavy atom. The minimum Gasteiger partial charge on any atom is -0.487 e. The van der Waals surface area contributed by atoms with E-state index in [1.807, 2.05) is 19.1 Å². The summed E-state index contributed by atoms with van der Waals surface area (Å²) in [5.41, 5.74) is 4.04. The molecule has 2 aromatic carbocycles. The number of quaternary nitrogens is 4. The third kappa shape index (κ3) is 8.18. The second-order valence-corrected chi connectivity index (χ2v) is 15.6. The zero-order valence-corrected chi connectivity index (χ0v) is 29.9. The average molecular weight is 641 g/mol. The van der Waals surface area contributed by atoms with Crippen molar-refractivity contribution in [3.63, 3.8) is 0 Å². The molecule has 4 bridgehead atoms. The van der Waals surface area contributed by atoms with Gasteiger partial charge in [-0.25, -0.2) is 0 Å². The smallest absolute Gasteiger partial charge is 0.137 e. The lowest BCUT2D eigenvalue weighted by Gasteiger charge is -2.55. The molecule has 6 nitrogen and oxygen atoms in total. The minimum absolute atomic E-state index is 0.729. The summed E-state index contributed by atoms with van der Waals surface area (Å²) in [4.78, 5) is 0. The largest absolute Gasteiger partial charge is 0.487 e. The van der Waals surface area contributed by atoms with E-state index in [-0.39, 0.29) is 0 Å². The number of nitrogens with zero attached hydrogens (tertiary/aromatic N) is 4. The van der Waals surface area contributed by atoms with Gasteiger partial charge in [-0.1, -0.05) is 37.5 Å². The van der Waals surface area contributed by atoms with Crippen molar-refractivity contribution >= 4 is 0 Å². The van der Waals surface area contributed by atoms with Gasteiger partial charge in [0.1, 0.15) is 116 Å². The standard InChI is InChI=1S/C41H60N4O2/c1-5-7-8-9-17-43-24-27-45(28-25-43,29-26-43)31-33-47-41-34-36(3)40(46-32-30-44-21-18-42(4,19-22-44)20-23-44)35-39(41)16-15-38-13-11-37(10-6-2)12-14-38/h11-14,34-35H,5,7-9,17-33H2,1-4H3/q+4. The fraction of sp³-hybridized carbons (Fsp3) is 0.610. The van der Waals surface area contributed by atoms with Gasteiger partial charge in [-0.05, 0) is 68.7 Å². The number of hydrogen-bond acceptors (Lipinski definition) is 2. The Kier molecular flexibility index (Phi) is 10.5. The summed E-state index contributed by atoms with van der Waals surface area (Å²) in [5.74, 6) is 14.8. The highest BCUT2D eigenvalue weighted by atomic mass is 16.5. The van der Waals surface area contributed by atoms with Gasteiger partial charge < -0.3 is 27.4 Å². The number of unbranched alkanes of at least 4 members (excludes halogenated alkanes) is 3. The molecule has 6 aliphatic rings.